The van der Waals surface area contributed by atoms with Gasteiger partial charge in [-0.2, -0.15) is 0 Å². The van der Waals surface area contributed by atoms with E-state index in [1.165, 1.54) is 11.3 Å². The zero-order valence-corrected chi connectivity index (χ0v) is 9.88. The molecule has 0 saturated carbocycles. The second-order valence-electron chi connectivity index (χ2n) is 3.96. The van der Waals surface area contributed by atoms with E-state index >= 15 is 0 Å². The Balaban J connectivity index is 2.48. The molecule has 3 nitrogen and oxygen atoms in total. The molecule has 1 unspecified atom stereocenters. The molecule has 4 heteroatoms. The Bertz CT molecular complexity index is 296. The first-order chi connectivity index (χ1) is 7.13. The van der Waals surface area contributed by atoms with Crippen molar-refractivity contribution in [3.05, 3.63) is 22.4 Å². The third-order valence-electron chi connectivity index (χ3n) is 2.06. The first-order valence-electron chi connectivity index (χ1n) is 5.08. The monoisotopic (exact) mass is 227 g/mol. The lowest BCUT2D eigenvalue weighted by atomic mass is 10.0. The fraction of sp³-hybridized carbons (Fsp3) is 0.545. The third-order valence-corrected chi connectivity index (χ3v) is 2.93. The SMILES string of the molecule is CC(C)CC(CO)NC(=O)c1cccs1. The second kappa shape index (κ2) is 5.88. The summed E-state index contributed by atoms with van der Waals surface area (Å²) in [4.78, 5) is 12.3. The van der Waals surface area contributed by atoms with Gasteiger partial charge in [-0.25, -0.2) is 0 Å². The maximum absolute atomic E-state index is 11.6. The number of nitrogens with one attached hydrogen (secondary N) is 1. The molecule has 84 valence electrons. The van der Waals surface area contributed by atoms with Gasteiger partial charge in [0.15, 0.2) is 0 Å². The Morgan fingerprint density at radius 2 is 2.33 bits per heavy atom. The van der Waals surface area contributed by atoms with E-state index < -0.39 is 0 Å². The lowest BCUT2D eigenvalue weighted by Crippen LogP contribution is -2.38. The van der Waals surface area contributed by atoms with Crippen molar-refractivity contribution < 1.29 is 9.90 Å². The van der Waals surface area contributed by atoms with E-state index in [-0.39, 0.29) is 18.6 Å². The van der Waals surface area contributed by atoms with E-state index in [1.807, 2.05) is 11.4 Å². The minimum atomic E-state index is -0.139. The Morgan fingerprint density at radius 3 is 2.80 bits per heavy atom. The van der Waals surface area contributed by atoms with Crippen LogP contribution < -0.4 is 5.32 Å². The lowest BCUT2D eigenvalue weighted by molar-refractivity contribution is 0.0912. The van der Waals surface area contributed by atoms with Gasteiger partial charge in [-0.15, -0.1) is 11.3 Å². The van der Waals surface area contributed by atoms with Crippen LogP contribution in [0.5, 0.6) is 0 Å². The minimum absolute atomic E-state index is 0.00467. The Morgan fingerprint density at radius 1 is 1.60 bits per heavy atom. The Hall–Kier alpha value is -0.870. The molecule has 0 aliphatic heterocycles. The molecule has 2 N–H and O–H groups in total. The molecular weight excluding hydrogens is 210 g/mol. The highest BCUT2D eigenvalue weighted by atomic mass is 32.1. The number of amides is 1. The van der Waals surface area contributed by atoms with Crippen LogP contribution in [0.4, 0.5) is 0 Å². The van der Waals surface area contributed by atoms with Crippen LogP contribution in [0.2, 0.25) is 0 Å². The largest absolute Gasteiger partial charge is 0.394 e. The molecule has 0 aromatic carbocycles. The van der Waals surface area contributed by atoms with Crippen molar-refractivity contribution in [2.75, 3.05) is 6.61 Å². The molecule has 0 spiro atoms. The molecule has 1 rings (SSSR count). The number of hydrogen-bond acceptors (Lipinski definition) is 3. The van der Waals surface area contributed by atoms with Crippen molar-refractivity contribution in [3.8, 4) is 0 Å². The highest BCUT2D eigenvalue weighted by Gasteiger charge is 2.14. The molecule has 1 aromatic heterocycles. The predicted octanol–water partition coefficient (Wildman–Crippen LogP) is 1.88. The summed E-state index contributed by atoms with van der Waals surface area (Å²) in [6.45, 7) is 4.13. The number of thiophene rings is 1. The summed E-state index contributed by atoms with van der Waals surface area (Å²) in [5.41, 5.74) is 0. The summed E-state index contributed by atoms with van der Waals surface area (Å²) >= 11 is 1.41. The van der Waals surface area contributed by atoms with Crippen LogP contribution in [0.1, 0.15) is 29.9 Å². The van der Waals surface area contributed by atoms with Gasteiger partial charge in [0.1, 0.15) is 0 Å². The predicted molar refractivity (Wildman–Crippen MR) is 62.1 cm³/mol. The van der Waals surface area contributed by atoms with E-state index in [0.717, 1.165) is 6.42 Å². The average Bonchev–Trinajstić information content (AvgIpc) is 2.68. The van der Waals surface area contributed by atoms with Crippen LogP contribution in [0.25, 0.3) is 0 Å². The number of aliphatic hydroxyl groups is 1. The maximum Gasteiger partial charge on any atom is 0.261 e. The average molecular weight is 227 g/mol. The molecule has 0 aliphatic carbocycles. The second-order valence-corrected chi connectivity index (χ2v) is 4.91. The minimum Gasteiger partial charge on any atom is -0.394 e. The van der Waals surface area contributed by atoms with Crippen molar-refractivity contribution >= 4 is 17.2 Å². The van der Waals surface area contributed by atoms with E-state index in [4.69, 9.17) is 5.11 Å². The fourth-order valence-corrected chi connectivity index (χ4v) is 2.04. The van der Waals surface area contributed by atoms with E-state index in [2.05, 4.69) is 19.2 Å². The first-order valence-corrected chi connectivity index (χ1v) is 5.96. The summed E-state index contributed by atoms with van der Waals surface area (Å²) in [5.74, 6) is 0.371. The summed E-state index contributed by atoms with van der Waals surface area (Å²) in [6.07, 6.45) is 0.799. The van der Waals surface area contributed by atoms with Gasteiger partial charge in [0.2, 0.25) is 0 Å². The molecule has 0 fully saturated rings. The van der Waals surface area contributed by atoms with Crippen molar-refractivity contribution in [2.24, 2.45) is 5.92 Å². The number of carbonyl (C=O) groups is 1. The van der Waals surface area contributed by atoms with Crippen molar-refractivity contribution in [1.29, 1.82) is 0 Å². The van der Waals surface area contributed by atoms with Crippen LogP contribution in [0.3, 0.4) is 0 Å². The van der Waals surface area contributed by atoms with Gasteiger partial charge in [-0.05, 0) is 23.8 Å². The molecule has 1 heterocycles. The maximum atomic E-state index is 11.6. The van der Waals surface area contributed by atoms with E-state index in [0.29, 0.717) is 10.8 Å². The highest BCUT2D eigenvalue weighted by molar-refractivity contribution is 7.12. The van der Waals surface area contributed by atoms with Gasteiger partial charge < -0.3 is 10.4 Å². The summed E-state index contributed by atoms with van der Waals surface area (Å²) < 4.78 is 0. The zero-order valence-electron chi connectivity index (χ0n) is 9.06. The fourth-order valence-electron chi connectivity index (χ4n) is 1.41. The molecule has 1 aromatic rings. The molecule has 0 radical (unpaired) electrons. The van der Waals surface area contributed by atoms with Gasteiger partial charge in [0.05, 0.1) is 17.5 Å². The molecule has 1 atom stereocenters. The van der Waals surface area contributed by atoms with Crippen LogP contribution in [-0.2, 0) is 0 Å². The van der Waals surface area contributed by atoms with Crippen molar-refractivity contribution in [1.82, 2.24) is 5.32 Å². The molecule has 0 bridgehead atoms. The van der Waals surface area contributed by atoms with Crippen LogP contribution in [0.15, 0.2) is 17.5 Å². The summed E-state index contributed by atoms with van der Waals surface area (Å²) in [7, 11) is 0. The van der Waals surface area contributed by atoms with Gasteiger partial charge in [0.25, 0.3) is 5.91 Å². The van der Waals surface area contributed by atoms with Gasteiger partial charge in [-0.3, -0.25) is 4.79 Å². The molecule has 15 heavy (non-hydrogen) atoms. The zero-order chi connectivity index (χ0) is 11.3. The number of carbonyl (C=O) groups excluding carboxylic acids is 1. The van der Waals surface area contributed by atoms with Crippen LogP contribution >= 0.6 is 11.3 Å². The standard InChI is InChI=1S/C11H17NO2S/c1-8(2)6-9(7-13)12-11(14)10-4-3-5-15-10/h3-5,8-9,13H,6-7H2,1-2H3,(H,12,14). The molecule has 1 amide bonds. The number of aliphatic hydroxyl groups excluding tert-OH is 1. The van der Waals surface area contributed by atoms with Gasteiger partial charge in [0, 0.05) is 0 Å². The summed E-state index contributed by atoms with van der Waals surface area (Å²) in [5, 5.41) is 13.8. The van der Waals surface area contributed by atoms with E-state index in [1.54, 1.807) is 6.07 Å². The van der Waals surface area contributed by atoms with E-state index in [9.17, 15) is 4.79 Å². The highest BCUT2D eigenvalue weighted by Crippen LogP contribution is 2.10. The quantitative estimate of drug-likeness (QED) is 0.807. The Labute approximate surface area is 94.1 Å². The normalized spacial score (nSPS) is 12.8. The van der Waals surface area contributed by atoms with Gasteiger partial charge >= 0.3 is 0 Å². The van der Waals surface area contributed by atoms with Gasteiger partial charge in [-0.1, -0.05) is 19.9 Å². The topological polar surface area (TPSA) is 49.3 Å². The summed E-state index contributed by atoms with van der Waals surface area (Å²) in [6, 6.07) is 3.49. The van der Waals surface area contributed by atoms with Crippen molar-refractivity contribution in [2.45, 2.75) is 26.3 Å². The molecular formula is C11H17NO2S. The molecule has 0 saturated heterocycles. The van der Waals surface area contributed by atoms with Crippen LogP contribution in [0, 0.1) is 5.92 Å². The Kier molecular flexibility index (Phi) is 4.78. The van der Waals surface area contributed by atoms with Crippen LogP contribution in [-0.4, -0.2) is 23.7 Å². The molecule has 0 aliphatic rings. The smallest absolute Gasteiger partial charge is 0.261 e. The third kappa shape index (κ3) is 4.01. The number of rotatable bonds is 5. The first kappa shape index (κ1) is 12.2. The van der Waals surface area contributed by atoms with Crippen molar-refractivity contribution in [3.63, 3.8) is 0 Å². The lowest BCUT2D eigenvalue weighted by Gasteiger charge is -2.17. The number of hydrogen-bond donors (Lipinski definition) is 2.